The zero-order valence-electron chi connectivity index (χ0n) is 10.3. The van der Waals surface area contributed by atoms with Gasteiger partial charge in [-0.2, -0.15) is 0 Å². The van der Waals surface area contributed by atoms with Gasteiger partial charge in [0.1, 0.15) is 5.82 Å². The van der Waals surface area contributed by atoms with E-state index in [1.165, 1.54) is 12.0 Å². The normalized spacial score (nSPS) is 18.8. The van der Waals surface area contributed by atoms with Crippen molar-refractivity contribution in [1.29, 1.82) is 0 Å². The number of pyridine rings is 2. The van der Waals surface area contributed by atoms with Crippen LogP contribution in [0.4, 0.5) is 5.82 Å². The van der Waals surface area contributed by atoms with E-state index >= 15 is 0 Å². The van der Waals surface area contributed by atoms with Crippen molar-refractivity contribution < 1.29 is 0 Å². The molecule has 1 unspecified atom stereocenters. The summed E-state index contributed by atoms with van der Waals surface area (Å²) >= 11 is 7.05. The fraction of sp³-hybridized carbons (Fsp3) is 0.286. The molecular formula is C14H13Br2N3. The Kier molecular flexibility index (Phi) is 3.84. The highest BCUT2D eigenvalue weighted by molar-refractivity contribution is 9.11. The lowest BCUT2D eigenvalue weighted by Gasteiger charge is -2.26. The first kappa shape index (κ1) is 13.1. The maximum Gasteiger partial charge on any atom is 0.143 e. The molecule has 0 bridgehead atoms. The lowest BCUT2D eigenvalue weighted by molar-refractivity contribution is 0.706. The van der Waals surface area contributed by atoms with Gasteiger partial charge in [-0.25, -0.2) is 4.98 Å². The van der Waals surface area contributed by atoms with Crippen LogP contribution < -0.4 is 4.90 Å². The minimum atomic E-state index is 0.374. The van der Waals surface area contributed by atoms with Gasteiger partial charge in [0.2, 0.25) is 0 Å². The summed E-state index contributed by atoms with van der Waals surface area (Å²) in [7, 11) is 0. The first-order valence-electron chi connectivity index (χ1n) is 6.23. The number of nitrogens with zero attached hydrogens (tertiary/aromatic N) is 3. The second-order valence-corrected chi connectivity index (χ2v) is 6.37. The van der Waals surface area contributed by atoms with Crippen molar-refractivity contribution >= 4 is 37.7 Å². The maximum atomic E-state index is 4.55. The van der Waals surface area contributed by atoms with E-state index in [0.29, 0.717) is 6.04 Å². The van der Waals surface area contributed by atoms with Crippen LogP contribution >= 0.6 is 31.9 Å². The molecule has 1 aliphatic heterocycles. The van der Waals surface area contributed by atoms with Gasteiger partial charge in [0.15, 0.2) is 0 Å². The lowest BCUT2D eigenvalue weighted by atomic mass is 10.1. The maximum absolute atomic E-state index is 4.55. The van der Waals surface area contributed by atoms with Gasteiger partial charge < -0.3 is 4.90 Å². The van der Waals surface area contributed by atoms with Crippen LogP contribution in [-0.4, -0.2) is 16.5 Å². The second-order valence-electron chi connectivity index (χ2n) is 4.60. The van der Waals surface area contributed by atoms with Crippen LogP contribution in [0.1, 0.15) is 24.4 Å². The van der Waals surface area contributed by atoms with E-state index in [-0.39, 0.29) is 0 Å². The number of aromatic nitrogens is 2. The van der Waals surface area contributed by atoms with Crippen LogP contribution in [0.15, 0.2) is 45.7 Å². The number of anilines is 1. The van der Waals surface area contributed by atoms with Gasteiger partial charge in [-0.15, -0.1) is 0 Å². The fourth-order valence-electron chi connectivity index (χ4n) is 2.56. The molecule has 1 saturated heterocycles. The molecule has 0 radical (unpaired) electrons. The van der Waals surface area contributed by atoms with Crippen LogP contribution in [0.2, 0.25) is 0 Å². The van der Waals surface area contributed by atoms with Crippen LogP contribution in [0.25, 0.3) is 0 Å². The third kappa shape index (κ3) is 2.67. The van der Waals surface area contributed by atoms with E-state index in [1.54, 1.807) is 0 Å². The minimum Gasteiger partial charge on any atom is -0.349 e. The van der Waals surface area contributed by atoms with Gasteiger partial charge in [0.05, 0.1) is 10.5 Å². The zero-order chi connectivity index (χ0) is 13.2. The summed E-state index contributed by atoms with van der Waals surface area (Å²) in [4.78, 5) is 11.1. The first-order valence-corrected chi connectivity index (χ1v) is 7.82. The zero-order valence-corrected chi connectivity index (χ0v) is 13.4. The summed E-state index contributed by atoms with van der Waals surface area (Å²) in [6.07, 6.45) is 7.95. The molecule has 2 aromatic rings. The Morgan fingerprint density at radius 2 is 2.16 bits per heavy atom. The number of halogens is 2. The van der Waals surface area contributed by atoms with E-state index in [9.17, 15) is 0 Å². The van der Waals surface area contributed by atoms with Crippen LogP contribution in [0.3, 0.4) is 0 Å². The van der Waals surface area contributed by atoms with Gasteiger partial charge in [0.25, 0.3) is 0 Å². The molecule has 1 fully saturated rings. The third-order valence-electron chi connectivity index (χ3n) is 3.38. The smallest absolute Gasteiger partial charge is 0.143 e. The van der Waals surface area contributed by atoms with E-state index in [0.717, 1.165) is 27.7 Å². The molecule has 0 aliphatic carbocycles. The van der Waals surface area contributed by atoms with Crippen molar-refractivity contribution in [2.45, 2.75) is 18.9 Å². The van der Waals surface area contributed by atoms with Crippen LogP contribution in [0.5, 0.6) is 0 Å². The Morgan fingerprint density at radius 1 is 1.26 bits per heavy atom. The molecule has 3 nitrogen and oxygen atoms in total. The molecule has 0 saturated carbocycles. The van der Waals surface area contributed by atoms with E-state index in [2.05, 4.69) is 52.8 Å². The van der Waals surface area contributed by atoms with E-state index in [1.807, 2.05) is 30.7 Å². The Morgan fingerprint density at radius 3 is 2.89 bits per heavy atom. The molecule has 0 spiro atoms. The molecule has 0 amide bonds. The summed E-state index contributed by atoms with van der Waals surface area (Å²) in [5.74, 6) is 1.01. The van der Waals surface area contributed by atoms with Crippen molar-refractivity contribution in [3.63, 3.8) is 0 Å². The van der Waals surface area contributed by atoms with Crippen molar-refractivity contribution in [3.8, 4) is 0 Å². The largest absolute Gasteiger partial charge is 0.349 e. The fourth-order valence-corrected chi connectivity index (χ4v) is 3.77. The van der Waals surface area contributed by atoms with E-state index < -0.39 is 0 Å². The SMILES string of the molecule is Brc1cnc(N2CCCC2c2cccnc2)c(Br)c1. The highest BCUT2D eigenvalue weighted by Crippen LogP contribution is 2.38. The summed E-state index contributed by atoms with van der Waals surface area (Å²) in [5.41, 5.74) is 1.26. The van der Waals surface area contributed by atoms with Crippen molar-refractivity contribution in [1.82, 2.24) is 9.97 Å². The number of hydrogen-bond acceptors (Lipinski definition) is 3. The van der Waals surface area contributed by atoms with Gasteiger partial charge in [-0.05, 0) is 62.4 Å². The number of hydrogen-bond donors (Lipinski definition) is 0. The van der Waals surface area contributed by atoms with Gasteiger partial charge in [-0.3, -0.25) is 4.98 Å². The average Bonchev–Trinajstić information content (AvgIpc) is 2.89. The first-order chi connectivity index (χ1) is 9.25. The molecule has 98 valence electrons. The van der Waals surface area contributed by atoms with E-state index in [4.69, 9.17) is 0 Å². The predicted octanol–water partition coefficient (Wildman–Crippen LogP) is 4.34. The van der Waals surface area contributed by atoms with Gasteiger partial charge >= 0.3 is 0 Å². The lowest BCUT2D eigenvalue weighted by Crippen LogP contribution is -2.24. The Balaban J connectivity index is 1.95. The average molecular weight is 383 g/mol. The Bertz CT molecular complexity index is 574. The predicted molar refractivity (Wildman–Crippen MR) is 83.2 cm³/mol. The molecule has 3 heterocycles. The summed E-state index contributed by atoms with van der Waals surface area (Å²) in [5, 5.41) is 0. The van der Waals surface area contributed by atoms with Gasteiger partial charge in [-0.1, -0.05) is 6.07 Å². The Labute approximate surface area is 129 Å². The molecule has 1 atom stereocenters. The molecule has 0 N–H and O–H groups in total. The second kappa shape index (κ2) is 5.59. The van der Waals surface area contributed by atoms with Crippen molar-refractivity contribution in [2.75, 3.05) is 11.4 Å². The Hall–Kier alpha value is -0.940. The van der Waals surface area contributed by atoms with Crippen LogP contribution in [0, 0.1) is 0 Å². The summed E-state index contributed by atoms with van der Waals surface area (Å²) < 4.78 is 2.01. The third-order valence-corrected chi connectivity index (χ3v) is 4.40. The van der Waals surface area contributed by atoms with Crippen LogP contribution in [-0.2, 0) is 0 Å². The highest BCUT2D eigenvalue weighted by Gasteiger charge is 2.28. The van der Waals surface area contributed by atoms with Gasteiger partial charge in [0, 0.05) is 29.6 Å². The standard InChI is InChI=1S/C14H13Br2N3/c15-11-7-12(16)14(18-9-11)19-6-2-4-13(19)10-3-1-5-17-8-10/h1,3,5,7-9,13H,2,4,6H2. The molecular weight excluding hydrogens is 370 g/mol. The summed E-state index contributed by atoms with van der Waals surface area (Å²) in [6.45, 7) is 1.03. The topological polar surface area (TPSA) is 29.0 Å². The van der Waals surface area contributed by atoms with Crippen molar-refractivity contribution in [2.24, 2.45) is 0 Å². The molecule has 3 rings (SSSR count). The quantitative estimate of drug-likeness (QED) is 0.773. The molecule has 1 aliphatic rings. The molecule has 19 heavy (non-hydrogen) atoms. The van der Waals surface area contributed by atoms with Crippen molar-refractivity contribution in [3.05, 3.63) is 51.3 Å². The highest BCUT2D eigenvalue weighted by atomic mass is 79.9. The summed E-state index contributed by atoms with van der Waals surface area (Å²) in [6, 6.07) is 6.55. The molecule has 0 aromatic carbocycles. The number of rotatable bonds is 2. The minimum absolute atomic E-state index is 0.374. The monoisotopic (exact) mass is 381 g/mol. The molecule has 2 aromatic heterocycles. The molecule has 5 heteroatoms.